The van der Waals surface area contributed by atoms with Gasteiger partial charge in [0.15, 0.2) is 0 Å². The summed E-state index contributed by atoms with van der Waals surface area (Å²) in [6.07, 6.45) is -0.502. The number of benzene rings is 1. The van der Waals surface area contributed by atoms with Crippen molar-refractivity contribution in [1.29, 1.82) is 0 Å². The van der Waals surface area contributed by atoms with Crippen LogP contribution in [0.1, 0.15) is 18.5 Å². The van der Waals surface area contributed by atoms with E-state index < -0.39 is 6.10 Å². The highest BCUT2D eigenvalue weighted by atomic mass is 19.1. The molecule has 1 fully saturated rings. The number of aliphatic hydroxyl groups excluding tert-OH is 1. The van der Waals surface area contributed by atoms with Gasteiger partial charge in [0.1, 0.15) is 11.6 Å². The third kappa shape index (κ3) is 4.64. The number of halogens is 1. The molecule has 5 nitrogen and oxygen atoms in total. The van der Waals surface area contributed by atoms with Gasteiger partial charge < -0.3 is 19.9 Å². The molecule has 0 spiro atoms. The van der Waals surface area contributed by atoms with Gasteiger partial charge in [0.25, 0.3) is 0 Å². The lowest BCUT2D eigenvalue weighted by atomic mass is 10.1. The Morgan fingerprint density at radius 3 is 2.82 bits per heavy atom. The Bertz CT molecular complexity index is 467. The summed E-state index contributed by atoms with van der Waals surface area (Å²) < 4.78 is 24.5. The van der Waals surface area contributed by atoms with E-state index >= 15 is 0 Å². The molecule has 6 heteroatoms. The van der Waals surface area contributed by atoms with E-state index in [1.165, 1.54) is 13.2 Å². The van der Waals surface area contributed by atoms with Crippen molar-refractivity contribution >= 4 is 0 Å². The maximum Gasteiger partial charge on any atom is 0.131 e. The zero-order valence-corrected chi connectivity index (χ0v) is 13.2. The van der Waals surface area contributed by atoms with Gasteiger partial charge in [0.05, 0.1) is 26.4 Å². The van der Waals surface area contributed by atoms with Gasteiger partial charge >= 0.3 is 0 Å². The van der Waals surface area contributed by atoms with E-state index in [9.17, 15) is 9.50 Å². The molecule has 22 heavy (non-hydrogen) atoms. The number of morpholine rings is 1. The second kappa shape index (κ2) is 8.43. The molecule has 0 amide bonds. The Labute approximate surface area is 131 Å². The summed E-state index contributed by atoms with van der Waals surface area (Å²) in [7, 11) is 1.53. The van der Waals surface area contributed by atoms with E-state index in [4.69, 9.17) is 9.47 Å². The molecule has 1 aliphatic heterocycles. The van der Waals surface area contributed by atoms with Crippen molar-refractivity contribution in [2.75, 3.05) is 46.5 Å². The fraction of sp³-hybridized carbons (Fsp3) is 0.625. The fourth-order valence-electron chi connectivity index (χ4n) is 2.68. The van der Waals surface area contributed by atoms with Crippen molar-refractivity contribution < 1.29 is 19.0 Å². The lowest BCUT2D eigenvalue weighted by molar-refractivity contribution is 0.0145. The molecule has 2 rings (SSSR count). The summed E-state index contributed by atoms with van der Waals surface area (Å²) in [5.41, 5.74) is 0.489. The summed E-state index contributed by atoms with van der Waals surface area (Å²) >= 11 is 0. The highest BCUT2D eigenvalue weighted by Gasteiger charge is 2.19. The van der Waals surface area contributed by atoms with Crippen LogP contribution >= 0.6 is 0 Å². The van der Waals surface area contributed by atoms with Gasteiger partial charge in [-0.05, 0) is 19.1 Å². The first kappa shape index (κ1) is 17.1. The number of hydrogen-bond donors (Lipinski definition) is 2. The van der Waals surface area contributed by atoms with Crippen molar-refractivity contribution in [3.05, 3.63) is 29.6 Å². The summed E-state index contributed by atoms with van der Waals surface area (Å²) in [5.74, 6) is 0.213. The van der Waals surface area contributed by atoms with E-state index in [-0.39, 0.29) is 11.9 Å². The average molecular weight is 312 g/mol. The van der Waals surface area contributed by atoms with E-state index in [0.717, 1.165) is 13.1 Å². The molecule has 1 aromatic carbocycles. The number of β-amino-alcohol motifs (C(OH)–C–C–N with tert-alkyl or cyclic N) is 1. The summed E-state index contributed by atoms with van der Waals surface area (Å²) in [4.78, 5) is 2.17. The Morgan fingerprint density at radius 2 is 2.14 bits per heavy atom. The summed E-state index contributed by atoms with van der Waals surface area (Å²) in [6, 6.07) is 4.54. The number of rotatable bonds is 7. The van der Waals surface area contributed by atoms with E-state index in [1.807, 2.05) is 6.92 Å². The minimum Gasteiger partial charge on any atom is -0.496 e. The van der Waals surface area contributed by atoms with Crippen molar-refractivity contribution in [1.82, 2.24) is 10.2 Å². The maximum absolute atomic E-state index is 14.0. The van der Waals surface area contributed by atoms with Crippen LogP contribution in [0.4, 0.5) is 4.39 Å². The number of aliphatic hydroxyl groups is 1. The molecule has 1 aliphatic rings. The molecule has 0 bridgehead atoms. The standard InChI is InChI=1S/C16H25FN2O3/c1-12(16-14(17)4-3-5-15(16)21-2)18-10-13(20)11-19-6-8-22-9-7-19/h3-5,12-13,18,20H,6-11H2,1-2H3. The molecule has 1 aromatic rings. The monoisotopic (exact) mass is 312 g/mol. The fourth-order valence-corrected chi connectivity index (χ4v) is 2.68. The lowest BCUT2D eigenvalue weighted by Gasteiger charge is -2.29. The van der Waals surface area contributed by atoms with Crippen LogP contribution in [-0.4, -0.2) is 62.6 Å². The van der Waals surface area contributed by atoms with Gasteiger partial charge in [-0.3, -0.25) is 4.90 Å². The topological polar surface area (TPSA) is 54.0 Å². The quantitative estimate of drug-likeness (QED) is 0.792. The molecule has 1 saturated heterocycles. The van der Waals surface area contributed by atoms with E-state index in [1.54, 1.807) is 12.1 Å². The molecule has 2 N–H and O–H groups in total. The first-order valence-electron chi connectivity index (χ1n) is 7.65. The molecular weight excluding hydrogens is 287 g/mol. The van der Waals surface area contributed by atoms with Gasteiger partial charge in [0.2, 0.25) is 0 Å². The Balaban J connectivity index is 1.85. The minimum absolute atomic E-state index is 0.240. The van der Waals surface area contributed by atoms with Crippen molar-refractivity contribution in [3.63, 3.8) is 0 Å². The van der Waals surface area contributed by atoms with Gasteiger partial charge in [0, 0.05) is 37.8 Å². The number of nitrogens with zero attached hydrogens (tertiary/aromatic N) is 1. The minimum atomic E-state index is -0.502. The molecule has 0 saturated carbocycles. The van der Waals surface area contributed by atoms with Gasteiger partial charge in [-0.2, -0.15) is 0 Å². The first-order chi connectivity index (χ1) is 10.6. The third-order valence-corrected chi connectivity index (χ3v) is 3.90. The van der Waals surface area contributed by atoms with Crippen LogP contribution in [0.25, 0.3) is 0 Å². The highest BCUT2D eigenvalue weighted by Crippen LogP contribution is 2.27. The highest BCUT2D eigenvalue weighted by molar-refractivity contribution is 5.36. The van der Waals surface area contributed by atoms with Crippen LogP contribution < -0.4 is 10.1 Å². The maximum atomic E-state index is 14.0. The average Bonchev–Trinajstić information content (AvgIpc) is 2.53. The summed E-state index contributed by atoms with van der Waals surface area (Å²) in [5, 5.41) is 13.3. The smallest absolute Gasteiger partial charge is 0.131 e. The molecule has 124 valence electrons. The van der Waals surface area contributed by atoms with E-state index in [2.05, 4.69) is 10.2 Å². The molecule has 0 aliphatic carbocycles. The molecule has 0 aromatic heterocycles. The molecule has 2 unspecified atom stereocenters. The van der Waals surface area contributed by atoms with Crippen LogP contribution in [0.5, 0.6) is 5.75 Å². The first-order valence-corrected chi connectivity index (χ1v) is 7.65. The zero-order valence-electron chi connectivity index (χ0n) is 13.2. The third-order valence-electron chi connectivity index (χ3n) is 3.90. The van der Waals surface area contributed by atoms with Crippen LogP contribution in [-0.2, 0) is 4.74 Å². The molecule has 1 heterocycles. The molecule has 2 atom stereocenters. The number of methoxy groups -OCH3 is 1. The Hall–Kier alpha value is -1.21. The zero-order chi connectivity index (χ0) is 15.9. The SMILES string of the molecule is COc1cccc(F)c1C(C)NCC(O)CN1CCOCC1. The second-order valence-electron chi connectivity index (χ2n) is 5.55. The van der Waals surface area contributed by atoms with Crippen LogP contribution in [0, 0.1) is 5.82 Å². The lowest BCUT2D eigenvalue weighted by Crippen LogP contribution is -2.44. The summed E-state index contributed by atoms with van der Waals surface area (Å²) in [6.45, 7) is 5.96. The van der Waals surface area contributed by atoms with Crippen LogP contribution in [0.2, 0.25) is 0 Å². The number of ether oxygens (including phenoxy) is 2. The number of nitrogens with one attached hydrogen (secondary N) is 1. The van der Waals surface area contributed by atoms with Crippen molar-refractivity contribution in [2.45, 2.75) is 19.1 Å². The predicted octanol–water partition coefficient (Wildman–Crippen LogP) is 1.18. The van der Waals surface area contributed by atoms with Gasteiger partial charge in [-0.15, -0.1) is 0 Å². The Morgan fingerprint density at radius 1 is 1.41 bits per heavy atom. The van der Waals surface area contributed by atoms with Gasteiger partial charge in [-0.25, -0.2) is 4.39 Å². The van der Waals surface area contributed by atoms with Crippen LogP contribution in [0.3, 0.4) is 0 Å². The van der Waals surface area contributed by atoms with Crippen molar-refractivity contribution in [3.8, 4) is 5.75 Å². The molecule has 0 radical (unpaired) electrons. The molecular formula is C16H25FN2O3. The second-order valence-corrected chi connectivity index (χ2v) is 5.55. The van der Waals surface area contributed by atoms with Gasteiger partial charge in [-0.1, -0.05) is 6.07 Å². The Kier molecular flexibility index (Phi) is 6.57. The van der Waals surface area contributed by atoms with E-state index in [0.29, 0.717) is 37.6 Å². The predicted molar refractivity (Wildman–Crippen MR) is 82.6 cm³/mol. The van der Waals surface area contributed by atoms with Crippen LogP contribution in [0.15, 0.2) is 18.2 Å². The number of hydrogen-bond acceptors (Lipinski definition) is 5. The normalized spacial score (nSPS) is 18.9. The van der Waals surface area contributed by atoms with Crippen molar-refractivity contribution in [2.24, 2.45) is 0 Å². The largest absolute Gasteiger partial charge is 0.496 e.